The summed E-state index contributed by atoms with van der Waals surface area (Å²) < 4.78 is 5.61. The van der Waals surface area contributed by atoms with Crippen LogP contribution in [0.1, 0.15) is 17.0 Å². The van der Waals surface area contributed by atoms with E-state index in [2.05, 4.69) is 10.1 Å². The van der Waals surface area contributed by atoms with E-state index in [1.54, 1.807) is 18.2 Å². The van der Waals surface area contributed by atoms with Gasteiger partial charge in [-0.1, -0.05) is 22.8 Å². The molecule has 0 aliphatic heterocycles. The minimum Gasteiger partial charge on any atom is -0.486 e. The molecular weight excluding hydrogens is 278 g/mol. The summed E-state index contributed by atoms with van der Waals surface area (Å²) in [6.45, 7) is 2.24. The number of ether oxygens (including phenoxy) is 1. The van der Waals surface area contributed by atoms with Crippen molar-refractivity contribution in [2.45, 2.75) is 13.5 Å². The number of aryl methyl sites for hydroxylation is 1. The molecule has 0 aliphatic carbocycles. The van der Waals surface area contributed by atoms with Gasteiger partial charge in [0, 0.05) is 11.3 Å². The number of pyridine rings is 1. The van der Waals surface area contributed by atoms with Crippen LogP contribution >= 0.6 is 11.6 Å². The second-order valence-electron chi connectivity index (χ2n) is 4.19. The van der Waals surface area contributed by atoms with Crippen molar-refractivity contribution >= 4 is 17.4 Å². The Kier molecular flexibility index (Phi) is 4.42. The van der Waals surface area contributed by atoms with Gasteiger partial charge in [-0.05, 0) is 37.3 Å². The highest BCUT2D eigenvalue weighted by Crippen LogP contribution is 2.26. The maximum absolute atomic E-state index is 8.61. The topological polar surface area (TPSA) is 80.7 Å². The quantitative estimate of drug-likeness (QED) is 0.393. The first-order chi connectivity index (χ1) is 9.60. The third-order valence-corrected chi connectivity index (χ3v) is 2.95. The molecule has 2 aromatic rings. The normalized spacial score (nSPS) is 11.4. The van der Waals surface area contributed by atoms with Crippen molar-refractivity contribution in [3.63, 3.8) is 0 Å². The first-order valence-corrected chi connectivity index (χ1v) is 6.30. The van der Waals surface area contributed by atoms with Crippen LogP contribution < -0.4 is 10.5 Å². The summed E-state index contributed by atoms with van der Waals surface area (Å²) in [5.41, 5.74) is 7.76. The summed E-state index contributed by atoms with van der Waals surface area (Å²) in [6, 6.07) is 10.6. The zero-order chi connectivity index (χ0) is 14.5. The number of oxime groups is 1. The average molecular weight is 292 g/mol. The van der Waals surface area contributed by atoms with Gasteiger partial charge in [-0.15, -0.1) is 0 Å². The Labute approximate surface area is 121 Å². The molecule has 1 aromatic carbocycles. The fourth-order valence-electron chi connectivity index (χ4n) is 1.67. The monoisotopic (exact) mass is 291 g/mol. The fourth-order valence-corrected chi connectivity index (χ4v) is 1.90. The molecule has 0 aliphatic rings. The molecule has 0 saturated heterocycles. The Morgan fingerprint density at radius 3 is 2.85 bits per heavy atom. The molecule has 1 aromatic heterocycles. The third kappa shape index (κ3) is 3.39. The van der Waals surface area contributed by atoms with Gasteiger partial charge in [0.25, 0.3) is 0 Å². The molecule has 0 radical (unpaired) electrons. The Morgan fingerprint density at radius 1 is 1.40 bits per heavy atom. The van der Waals surface area contributed by atoms with E-state index in [0.29, 0.717) is 22.9 Å². The van der Waals surface area contributed by atoms with Crippen molar-refractivity contribution in [1.82, 2.24) is 4.98 Å². The molecule has 20 heavy (non-hydrogen) atoms. The number of amidine groups is 1. The van der Waals surface area contributed by atoms with Gasteiger partial charge >= 0.3 is 0 Å². The fraction of sp³-hybridized carbons (Fsp3) is 0.143. The number of benzene rings is 1. The number of rotatable bonds is 4. The van der Waals surface area contributed by atoms with E-state index in [9.17, 15) is 0 Å². The van der Waals surface area contributed by atoms with Gasteiger partial charge in [-0.2, -0.15) is 0 Å². The van der Waals surface area contributed by atoms with Crippen molar-refractivity contribution in [3.8, 4) is 5.75 Å². The van der Waals surface area contributed by atoms with Gasteiger partial charge in [0.05, 0.1) is 10.7 Å². The Bertz CT molecular complexity index is 644. The van der Waals surface area contributed by atoms with E-state index < -0.39 is 0 Å². The van der Waals surface area contributed by atoms with E-state index in [4.69, 9.17) is 27.3 Å². The zero-order valence-corrected chi connectivity index (χ0v) is 11.6. The van der Waals surface area contributed by atoms with Crippen LogP contribution in [0.3, 0.4) is 0 Å². The van der Waals surface area contributed by atoms with Crippen LogP contribution in [-0.2, 0) is 6.61 Å². The van der Waals surface area contributed by atoms with E-state index in [-0.39, 0.29) is 5.84 Å². The lowest BCUT2D eigenvalue weighted by Gasteiger charge is -2.09. The molecule has 1 heterocycles. The average Bonchev–Trinajstić information content (AvgIpc) is 2.45. The van der Waals surface area contributed by atoms with Crippen LogP contribution in [0.5, 0.6) is 5.75 Å². The van der Waals surface area contributed by atoms with Gasteiger partial charge in [0.1, 0.15) is 12.4 Å². The lowest BCUT2D eigenvalue weighted by molar-refractivity contribution is 0.301. The first-order valence-electron chi connectivity index (χ1n) is 5.93. The third-order valence-electron chi connectivity index (χ3n) is 2.66. The summed E-state index contributed by atoms with van der Waals surface area (Å²) in [7, 11) is 0. The largest absolute Gasteiger partial charge is 0.486 e. The minimum atomic E-state index is -0.00111. The van der Waals surface area contributed by atoms with E-state index in [0.717, 1.165) is 11.4 Å². The molecule has 3 N–H and O–H groups in total. The number of hydrogen-bond donors (Lipinski definition) is 2. The standard InChI is InChI=1S/C14H14ClN3O2/c1-9-3-2-4-11(17-9)8-20-13-6-5-10(7-12(13)15)14(16)18-19/h2-7,19H,8H2,1H3,(H2,16,18). The van der Waals surface area contributed by atoms with Crippen LogP contribution in [0, 0.1) is 6.92 Å². The second-order valence-corrected chi connectivity index (χ2v) is 4.60. The van der Waals surface area contributed by atoms with Gasteiger partial charge in [0.2, 0.25) is 0 Å². The maximum Gasteiger partial charge on any atom is 0.170 e. The summed E-state index contributed by atoms with van der Waals surface area (Å²) in [5, 5.41) is 11.9. The maximum atomic E-state index is 8.61. The summed E-state index contributed by atoms with van der Waals surface area (Å²) in [5.74, 6) is 0.517. The lowest BCUT2D eigenvalue weighted by atomic mass is 10.2. The molecule has 0 bridgehead atoms. The molecule has 0 amide bonds. The molecule has 2 rings (SSSR count). The molecule has 104 valence electrons. The highest BCUT2D eigenvalue weighted by atomic mass is 35.5. The zero-order valence-electron chi connectivity index (χ0n) is 10.9. The summed E-state index contributed by atoms with van der Waals surface area (Å²) in [6.07, 6.45) is 0. The number of nitrogens with two attached hydrogens (primary N) is 1. The predicted octanol–water partition coefficient (Wildman–Crippen LogP) is 2.72. The van der Waals surface area contributed by atoms with Gasteiger partial charge in [0.15, 0.2) is 5.84 Å². The molecule has 0 fully saturated rings. The van der Waals surface area contributed by atoms with Crippen molar-refractivity contribution in [1.29, 1.82) is 0 Å². The number of aromatic nitrogens is 1. The number of nitrogens with zero attached hydrogens (tertiary/aromatic N) is 2. The minimum absolute atomic E-state index is 0.00111. The van der Waals surface area contributed by atoms with Gasteiger partial charge in [-0.3, -0.25) is 4.98 Å². The highest BCUT2D eigenvalue weighted by molar-refractivity contribution is 6.32. The molecule has 0 spiro atoms. The Morgan fingerprint density at radius 2 is 2.20 bits per heavy atom. The predicted molar refractivity (Wildman–Crippen MR) is 77.3 cm³/mol. The van der Waals surface area contributed by atoms with Crippen LogP contribution in [0.4, 0.5) is 0 Å². The SMILES string of the molecule is Cc1cccc(COc2ccc(C(N)=NO)cc2Cl)n1. The van der Waals surface area contributed by atoms with E-state index in [1.807, 2.05) is 25.1 Å². The Balaban J connectivity index is 2.11. The molecule has 0 unspecified atom stereocenters. The van der Waals surface area contributed by atoms with E-state index in [1.165, 1.54) is 0 Å². The first kappa shape index (κ1) is 14.1. The molecular formula is C14H14ClN3O2. The van der Waals surface area contributed by atoms with E-state index >= 15 is 0 Å². The molecule has 6 heteroatoms. The van der Waals surface area contributed by atoms with Crippen LogP contribution in [0.15, 0.2) is 41.6 Å². The van der Waals surface area contributed by atoms with Gasteiger partial charge in [-0.25, -0.2) is 0 Å². The van der Waals surface area contributed by atoms with Crippen LogP contribution in [-0.4, -0.2) is 16.0 Å². The summed E-state index contributed by atoms with van der Waals surface area (Å²) in [4.78, 5) is 4.34. The second kappa shape index (κ2) is 6.25. The molecule has 0 atom stereocenters. The van der Waals surface area contributed by atoms with Crippen molar-refractivity contribution < 1.29 is 9.94 Å². The molecule has 0 saturated carbocycles. The van der Waals surface area contributed by atoms with Crippen molar-refractivity contribution in [2.75, 3.05) is 0 Å². The van der Waals surface area contributed by atoms with Crippen molar-refractivity contribution in [3.05, 3.63) is 58.4 Å². The molecule has 5 nitrogen and oxygen atoms in total. The van der Waals surface area contributed by atoms with Crippen molar-refractivity contribution in [2.24, 2.45) is 10.9 Å². The number of halogens is 1. The highest BCUT2D eigenvalue weighted by Gasteiger charge is 2.06. The van der Waals surface area contributed by atoms with Crippen LogP contribution in [0.2, 0.25) is 5.02 Å². The summed E-state index contributed by atoms with van der Waals surface area (Å²) >= 11 is 6.09. The Hall–Kier alpha value is -2.27. The van der Waals surface area contributed by atoms with Gasteiger partial charge < -0.3 is 15.7 Å². The lowest BCUT2D eigenvalue weighted by Crippen LogP contribution is -2.12. The number of hydrogen-bond acceptors (Lipinski definition) is 4. The smallest absolute Gasteiger partial charge is 0.170 e. The van der Waals surface area contributed by atoms with Crippen LogP contribution in [0.25, 0.3) is 0 Å².